The molecule has 1 aromatic rings. The number of halogens is 3. The van der Waals surface area contributed by atoms with Crippen LogP contribution in [0.15, 0.2) is 51.5 Å². The molecule has 0 amide bonds. The molecule has 2 aliphatic rings. The maximum absolute atomic E-state index is 12.3. The van der Waals surface area contributed by atoms with Crippen LogP contribution in [-0.4, -0.2) is 67.5 Å². The van der Waals surface area contributed by atoms with Gasteiger partial charge in [0, 0.05) is 54.1 Å². The monoisotopic (exact) mass is 454 g/mol. The fraction of sp³-hybridized carbons (Fsp3) is 0.500. The molecule has 1 unspecified atom stereocenters. The Balaban J connectivity index is 1.70. The van der Waals surface area contributed by atoms with Crippen LogP contribution in [-0.2, 0) is 0 Å². The highest BCUT2D eigenvalue weighted by atomic mass is 32.2. The molecule has 0 saturated carbocycles. The lowest BCUT2D eigenvalue weighted by Gasteiger charge is -2.20. The number of allylic oxidation sites excluding steroid dienone is 2. The van der Waals surface area contributed by atoms with E-state index in [0.29, 0.717) is 18.3 Å². The molecule has 31 heavy (non-hydrogen) atoms. The van der Waals surface area contributed by atoms with Gasteiger partial charge in [-0.2, -0.15) is 0 Å². The van der Waals surface area contributed by atoms with Crippen LogP contribution in [0.5, 0.6) is 5.75 Å². The van der Waals surface area contributed by atoms with Crippen LogP contribution >= 0.6 is 11.8 Å². The van der Waals surface area contributed by atoms with Gasteiger partial charge in [-0.15, -0.1) is 13.2 Å². The molecular weight excluding hydrogens is 425 g/mol. The first kappa shape index (κ1) is 23.7. The fourth-order valence-corrected chi connectivity index (χ4v) is 4.85. The van der Waals surface area contributed by atoms with E-state index in [-0.39, 0.29) is 5.75 Å². The first-order chi connectivity index (χ1) is 14.6. The summed E-state index contributed by atoms with van der Waals surface area (Å²) in [5, 5.41) is 4.26. The topological polar surface area (TPSA) is 40.1 Å². The third kappa shape index (κ3) is 6.75. The summed E-state index contributed by atoms with van der Waals surface area (Å²) in [5.41, 5.74) is 2.63. The van der Waals surface area contributed by atoms with Gasteiger partial charge in [0.2, 0.25) is 0 Å². The number of benzene rings is 1. The number of likely N-dealkylation sites (tertiary alicyclic amines) is 1. The lowest BCUT2D eigenvalue weighted by molar-refractivity contribution is -0.274. The van der Waals surface area contributed by atoms with Crippen molar-refractivity contribution in [3.05, 3.63) is 46.5 Å². The third-order valence-electron chi connectivity index (χ3n) is 5.25. The maximum atomic E-state index is 12.3. The van der Waals surface area contributed by atoms with Gasteiger partial charge >= 0.3 is 6.36 Å². The summed E-state index contributed by atoms with van der Waals surface area (Å²) in [6, 6.07) is 6.33. The van der Waals surface area contributed by atoms with E-state index in [4.69, 9.17) is 0 Å². The summed E-state index contributed by atoms with van der Waals surface area (Å²) in [6.07, 6.45) is -1.34. The van der Waals surface area contributed by atoms with E-state index in [1.165, 1.54) is 23.5 Å². The van der Waals surface area contributed by atoms with Crippen molar-refractivity contribution in [2.75, 3.05) is 45.6 Å². The number of nitrogens with one attached hydrogen (secondary N) is 1. The van der Waals surface area contributed by atoms with Crippen molar-refractivity contribution in [1.29, 1.82) is 0 Å². The van der Waals surface area contributed by atoms with E-state index in [2.05, 4.69) is 45.0 Å². The second kappa shape index (κ2) is 10.1. The van der Waals surface area contributed by atoms with Crippen LogP contribution < -0.4 is 10.1 Å². The van der Waals surface area contributed by atoms with E-state index >= 15 is 0 Å². The van der Waals surface area contributed by atoms with Crippen LogP contribution in [0.3, 0.4) is 0 Å². The summed E-state index contributed by atoms with van der Waals surface area (Å²) in [7, 11) is 4.25. The minimum absolute atomic E-state index is 0.239. The predicted octanol–water partition coefficient (Wildman–Crippen LogP) is 4.96. The lowest BCUT2D eigenvalue weighted by Crippen LogP contribution is -2.32. The summed E-state index contributed by atoms with van der Waals surface area (Å²) >= 11 is 1.70. The van der Waals surface area contributed by atoms with Gasteiger partial charge in [0.1, 0.15) is 10.8 Å². The second-order valence-corrected chi connectivity index (χ2v) is 8.98. The summed E-state index contributed by atoms with van der Waals surface area (Å²) in [4.78, 5) is 10.7. The van der Waals surface area contributed by atoms with E-state index in [1.807, 2.05) is 13.8 Å². The van der Waals surface area contributed by atoms with Gasteiger partial charge in [-0.25, -0.2) is 0 Å². The molecule has 5 nitrogen and oxygen atoms in total. The highest BCUT2D eigenvalue weighted by molar-refractivity contribution is 8.18. The Labute approximate surface area is 186 Å². The Morgan fingerprint density at radius 1 is 1.29 bits per heavy atom. The zero-order valence-corrected chi connectivity index (χ0v) is 19.1. The van der Waals surface area contributed by atoms with Crippen LogP contribution in [0, 0.1) is 0 Å². The highest BCUT2D eigenvalue weighted by Crippen LogP contribution is 2.35. The van der Waals surface area contributed by atoms with Gasteiger partial charge in [-0.1, -0.05) is 11.8 Å². The van der Waals surface area contributed by atoms with E-state index < -0.39 is 6.36 Å². The van der Waals surface area contributed by atoms with Gasteiger partial charge in [-0.05, 0) is 64.7 Å². The third-order valence-corrected chi connectivity index (χ3v) is 6.30. The Morgan fingerprint density at radius 2 is 2.00 bits per heavy atom. The number of thioether (sulfide) groups is 1. The Hall–Kier alpha value is -1.97. The molecule has 1 fully saturated rings. The number of anilines is 1. The molecule has 1 N–H and O–H groups in total. The minimum Gasteiger partial charge on any atom is -0.406 e. The van der Waals surface area contributed by atoms with Crippen molar-refractivity contribution in [1.82, 2.24) is 9.80 Å². The molecule has 0 aliphatic carbocycles. The zero-order chi connectivity index (χ0) is 22.6. The van der Waals surface area contributed by atoms with E-state index in [1.54, 1.807) is 23.9 Å². The Kier molecular flexibility index (Phi) is 7.72. The number of likely N-dealkylation sites (N-methyl/N-ethyl adjacent to an activating group) is 1. The van der Waals surface area contributed by atoms with Crippen molar-refractivity contribution >= 4 is 22.5 Å². The molecule has 1 atom stereocenters. The van der Waals surface area contributed by atoms with Gasteiger partial charge in [0.05, 0.1) is 0 Å². The number of alkyl halides is 3. The average molecular weight is 455 g/mol. The molecule has 0 spiro atoms. The largest absolute Gasteiger partial charge is 0.573 e. The molecule has 3 rings (SSSR count). The second-order valence-electron chi connectivity index (χ2n) is 7.87. The van der Waals surface area contributed by atoms with Crippen LogP contribution in [0.1, 0.15) is 20.3 Å². The lowest BCUT2D eigenvalue weighted by atomic mass is 10.2. The summed E-state index contributed by atoms with van der Waals surface area (Å²) in [5.74, 6) is -0.239. The Bertz CT molecular complexity index is 863. The molecular formula is C22H29F3N4OS. The summed E-state index contributed by atoms with van der Waals surface area (Å²) < 4.78 is 41.0. The molecule has 2 aliphatic heterocycles. The quantitative estimate of drug-likeness (QED) is 0.631. The van der Waals surface area contributed by atoms with Crippen molar-refractivity contribution < 1.29 is 17.9 Å². The Morgan fingerprint density at radius 3 is 2.58 bits per heavy atom. The zero-order valence-electron chi connectivity index (χ0n) is 18.3. The van der Waals surface area contributed by atoms with E-state index in [0.717, 1.165) is 35.9 Å². The van der Waals surface area contributed by atoms with E-state index in [9.17, 15) is 13.2 Å². The maximum Gasteiger partial charge on any atom is 0.573 e. The smallest absolute Gasteiger partial charge is 0.406 e. The van der Waals surface area contributed by atoms with Crippen LogP contribution in [0.2, 0.25) is 0 Å². The van der Waals surface area contributed by atoms with Gasteiger partial charge < -0.3 is 15.0 Å². The van der Waals surface area contributed by atoms with Crippen LogP contribution in [0.4, 0.5) is 18.9 Å². The number of ether oxygens (including phenoxy) is 1. The molecule has 0 radical (unpaired) electrons. The van der Waals surface area contributed by atoms with Gasteiger partial charge in [-0.3, -0.25) is 9.89 Å². The number of rotatable bonds is 7. The number of aliphatic imine (C=N–C) groups is 1. The predicted molar refractivity (Wildman–Crippen MR) is 122 cm³/mol. The van der Waals surface area contributed by atoms with Crippen molar-refractivity contribution in [2.24, 2.45) is 4.99 Å². The normalized spacial score (nSPS) is 22.9. The van der Waals surface area contributed by atoms with Crippen LogP contribution in [0.25, 0.3) is 0 Å². The average Bonchev–Trinajstić information content (AvgIpc) is 3.30. The van der Waals surface area contributed by atoms with Crippen molar-refractivity contribution in [3.63, 3.8) is 0 Å². The van der Waals surface area contributed by atoms with Crippen molar-refractivity contribution in [3.8, 4) is 5.75 Å². The number of hydrogen-bond acceptors (Lipinski definition) is 6. The number of hydrogen-bond donors (Lipinski definition) is 1. The minimum atomic E-state index is -4.69. The molecule has 0 aromatic heterocycles. The highest BCUT2D eigenvalue weighted by Gasteiger charge is 2.31. The first-order valence-electron chi connectivity index (χ1n) is 10.3. The molecule has 170 valence electrons. The number of nitrogens with zero attached hydrogens (tertiary/aromatic N) is 3. The molecule has 1 aromatic carbocycles. The SMILES string of the molecule is CC/N=C1/SC(CN2CCC(N(C)C)C2)=C/C1=C(/C)Nc1ccc(OC(F)(F)F)cc1. The summed E-state index contributed by atoms with van der Waals surface area (Å²) in [6.45, 7) is 7.71. The molecule has 1 saturated heterocycles. The first-order valence-corrected chi connectivity index (χ1v) is 11.1. The molecule has 0 bridgehead atoms. The fourth-order valence-electron chi connectivity index (χ4n) is 3.66. The standard InChI is InChI=1S/C22H29F3N4OS/c1-5-26-21-20(12-19(31-21)14-29-11-10-17(13-29)28(3)4)15(2)27-16-6-8-18(9-7-16)30-22(23,24)25/h6-9,12,17,27H,5,10-11,13-14H2,1-4H3/b20-15+,26-21+. The van der Waals surface area contributed by atoms with Gasteiger partial charge in [0.25, 0.3) is 0 Å². The van der Waals surface area contributed by atoms with Gasteiger partial charge in [0.15, 0.2) is 0 Å². The molecule has 9 heteroatoms. The molecule has 2 heterocycles. The van der Waals surface area contributed by atoms with Crippen molar-refractivity contribution in [2.45, 2.75) is 32.7 Å².